The molecule has 0 bridgehead atoms. The predicted molar refractivity (Wildman–Crippen MR) is 116 cm³/mol. The van der Waals surface area contributed by atoms with Gasteiger partial charge in [-0.2, -0.15) is 11.8 Å². The first-order valence-electron chi connectivity index (χ1n) is 9.96. The van der Waals surface area contributed by atoms with Gasteiger partial charge in [-0.1, -0.05) is 6.42 Å². The highest BCUT2D eigenvalue weighted by Gasteiger charge is 2.31. The monoisotopic (exact) mass is 465 g/mol. The van der Waals surface area contributed by atoms with Crippen molar-refractivity contribution in [3.63, 3.8) is 0 Å². The number of carboxylic acids is 1. The van der Waals surface area contributed by atoms with Crippen molar-refractivity contribution < 1.29 is 34.5 Å². The Bertz CT molecular complexity index is 594. The third-order valence-electron chi connectivity index (χ3n) is 4.41. The number of nitrogens with two attached hydrogens (primary N) is 2. The number of hydrogen-bond donors (Lipinski definition) is 8. The number of carbonyl (C=O) groups excluding carboxylic acids is 3. The molecule has 0 aliphatic carbocycles. The van der Waals surface area contributed by atoms with Crippen LogP contribution in [0.2, 0.25) is 0 Å². The SMILES string of the molecule is CSCCC(NC(=O)C(N)CCCCN)C(=O)NC(CO)C(=O)NC(C(=O)O)C(C)O. The summed E-state index contributed by atoms with van der Waals surface area (Å²) in [6.07, 6.45) is 2.45. The minimum atomic E-state index is -1.61. The lowest BCUT2D eigenvalue weighted by Crippen LogP contribution is -2.59. The number of amides is 3. The van der Waals surface area contributed by atoms with Crippen LogP contribution in [-0.2, 0) is 19.2 Å². The van der Waals surface area contributed by atoms with E-state index in [1.54, 1.807) is 0 Å². The first-order chi connectivity index (χ1) is 14.6. The maximum absolute atomic E-state index is 12.6. The molecule has 0 aliphatic heterocycles. The summed E-state index contributed by atoms with van der Waals surface area (Å²) in [5.74, 6) is -3.18. The van der Waals surface area contributed by atoms with Gasteiger partial charge in [0.15, 0.2) is 6.04 Å². The zero-order chi connectivity index (χ0) is 24.0. The predicted octanol–water partition coefficient (Wildman–Crippen LogP) is -2.89. The summed E-state index contributed by atoms with van der Waals surface area (Å²) in [6, 6.07) is -4.92. The standard InChI is InChI=1S/C18H35N5O7S/c1-10(25)14(18(29)30)23-17(28)13(9-24)22-16(27)12(6-8-31-2)21-15(26)11(20)5-3-4-7-19/h10-14,24-25H,3-9,19-20H2,1-2H3,(H,21,26)(H,22,27)(H,23,28)(H,29,30). The Balaban J connectivity index is 5.11. The molecule has 0 spiro atoms. The fraction of sp³-hybridized carbons (Fsp3) is 0.778. The van der Waals surface area contributed by atoms with Crippen LogP contribution in [0.3, 0.4) is 0 Å². The van der Waals surface area contributed by atoms with Crippen molar-refractivity contribution in [2.24, 2.45) is 11.5 Å². The fourth-order valence-corrected chi connectivity index (χ4v) is 3.00. The van der Waals surface area contributed by atoms with Crippen LogP contribution in [0.1, 0.15) is 32.6 Å². The van der Waals surface area contributed by atoms with E-state index >= 15 is 0 Å². The van der Waals surface area contributed by atoms with Crippen LogP contribution >= 0.6 is 11.8 Å². The third kappa shape index (κ3) is 11.3. The first kappa shape index (κ1) is 29.1. The van der Waals surface area contributed by atoms with E-state index in [-0.39, 0.29) is 6.42 Å². The van der Waals surface area contributed by atoms with Crippen LogP contribution < -0.4 is 27.4 Å². The van der Waals surface area contributed by atoms with Crippen molar-refractivity contribution in [2.75, 3.05) is 25.2 Å². The number of aliphatic hydroxyl groups excluding tert-OH is 2. The van der Waals surface area contributed by atoms with Crippen molar-refractivity contribution in [3.8, 4) is 0 Å². The normalized spacial score (nSPS) is 15.8. The molecule has 13 heteroatoms. The average Bonchev–Trinajstić information content (AvgIpc) is 2.71. The van der Waals surface area contributed by atoms with Gasteiger partial charge in [0.25, 0.3) is 0 Å². The number of hydrogen-bond acceptors (Lipinski definition) is 9. The molecule has 3 amide bonds. The second kappa shape index (κ2) is 15.8. The lowest BCUT2D eigenvalue weighted by atomic mass is 10.1. The number of thioether (sulfide) groups is 1. The molecule has 0 aromatic heterocycles. The highest BCUT2D eigenvalue weighted by atomic mass is 32.2. The lowest BCUT2D eigenvalue weighted by Gasteiger charge is -2.24. The van der Waals surface area contributed by atoms with Crippen LogP contribution in [0.15, 0.2) is 0 Å². The summed E-state index contributed by atoms with van der Waals surface area (Å²) in [5, 5.41) is 34.9. The van der Waals surface area contributed by atoms with Crippen LogP contribution in [0.25, 0.3) is 0 Å². The molecule has 0 saturated carbocycles. The van der Waals surface area contributed by atoms with Crippen molar-refractivity contribution in [1.29, 1.82) is 0 Å². The molecule has 0 heterocycles. The summed E-state index contributed by atoms with van der Waals surface area (Å²) in [4.78, 5) is 48.4. The molecule has 180 valence electrons. The highest BCUT2D eigenvalue weighted by Crippen LogP contribution is 2.04. The molecule has 0 aromatic rings. The molecule has 12 nitrogen and oxygen atoms in total. The first-order valence-corrected chi connectivity index (χ1v) is 11.4. The molecule has 0 saturated heterocycles. The molecule has 10 N–H and O–H groups in total. The van der Waals surface area contributed by atoms with E-state index in [0.717, 1.165) is 0 Å². The second-order valence-corrected chi connectivity index (χ2v) is 8.03. The molecule has 0 radical (unpaired) electrons. The fourth-order valence-electron chi connectivity index (χ4n) is 2.53. The van der Waals surface area contributed by atoms with Gasteiger partial charge in [-0.15, -0.1) is 0 Å². The topological polar surface area (TPSA) is 217 Å². The molecule has 0 fully saturated rings. The van der Waals surface area contributed by atoms with E-state index in [0.29, 0.717) is 31.6 Å². The van der Waals surface area contributed by atoms with E-state index in [2.05, 4.69) is 16.0 Å². The minimum Gasteiger partial charge on any atom is -0.480 e. The van der Waals surface area contributed by atoms with Gasteiger partial charge in [0.05, 0.1) is 18.8 Å². The maximum atomic E-state index is 12.6. The number of nitrogens with one attached hydrogen (secondary N) is 3. The maximum Gasteiger partial charge on any atom is 0.328 e. The number of carbonyl (C=O) groups is 4. The zero-order valence-electron chi connectivity index (χ0n) is 17.9. The van der Waals surface area contributed by atoms with Crippen molar-refractivity contribution >= 4 is 35.5 Å². The van der Waals surface area contributed by atoms with Crippen molar-refractivity contribution in [3.05, 3.63) is 0 Å². The molecular formula is C18H35N5O7S. The van der Waals surface area contributed by atoms with E-state index in [1.807, 2.05) is 6.26 Å². The Hall–Kier alpha value is -1.93. The smallest absolute Gasteiger partial charge is 0.328 e. The number of rotatable bonds is 16. The molecule has 0 rings (SSSR count). The van der Waals surface area contributed by atoms with Gasteiger partial charge in [0, 0.05) is 0 Å². The summed E-state index contributed by atoms with van der Waals surface area (Å²) >= 11 is 1.45. The van der Waals surface area contributed by atoms with Crippen molar-refractivity contribution in [1.82, 2.24) is 16.0 Å². The Labute approximate surface area is 185 Å². The lowest BCUT2D eigenvalue weighted by molar-refractivity contribution is -0.145. The van der Waals surface area contributed by atoms with E-state index in [1.165, 1.54) is 18.7 Å². The third-order valence-corrected chi connectivity index (χ3v) is 5.06. The summed E-state index contributed by atoms with van der Waals surface area (Å²) in [6.45, 7) is 0.845. The largest absolute Gasteiger partial charge is 0.480 e. The van der Waals surface area contributed by atoms with E-state index < -0.39 is 60.6 Å². The highest BCUT2D eigenvalue weighted by molar-refractivity contribution is 7.98. The number of carboxylic acid groups (broad SMARTS) is 1. The van der Waals surface area contributed by atoms with Gasteiger partial charge < -0.3 is 42.7 Å². The molecular weight excluding hydrogens is 430 g/mol. The molecule has 0 aliphatic rings. The van der Waals surface area contributed by atoms with Gasteiger partial charge in [-0.3, -0.25) is 14.4 Å². The van der Waals surface area contributed by atoms with Crippen LogP contribution in [0.4, 0.5) is 0 Å². The Morgan fingerprint density at radius 1 is 0.968 bits per heavy atom. The second-order valence-electron chi connectivity index (χ2n) is 7.04. The van der Waals surface area contributed by atoms with Crippen LogP contribution in [0, 0.1) is 0 Å². The van der Waals surface area contributed by atoms with Gasteiger partial charge >= 0.3 is 5.97 Å². The summed E-state index contributed by atoms with van der Waals surface area (Å²) in [7, 11) is 0. The van der Waals surface area contributed by atoms with Crippen LogP contribution in [0.5, 0.6) is 0 Å². The number of unbranched alkanes of at least 4 members (excludes halogenated alkanes) is 1. The molecule has 0 aromatic carbocycles. The molecule has 5 atom stereocenters. The van der Waals surface area contributed by atoms with Gasteiger partial charge in [-0.05, 0) is 44.7 Å². The zero-order valence-corrected chi connectivity index (χ0v) is 18.7. The van der Waals surface area contributed by atoms with Gasteiger partial charge in [-0.25, -0.2) is 4.79 Å². The van der Waals surface area contributed by atoms with Crippen LogP contribution in [-0.4, -0.2) is 94.4 Å². The molecule has 31 heavy (non-hydrogen) atoms. The van der Waals surface area contributed by atoms with Gasteiger partial charge in [0.2, 0.25) is 17.7 Å². The van der Waals surface area contributed by atoms with E-state index in [4.69, 9.17) is 16.6 Å². The minimum absolute atomic E-state index is 0.249. The Morgan fingerprint density at radius 3 is 2.03 bits per heavy atom. The Morgan fingerprint density at radius 2 is 1.55 bits per heavy atom. The summed E-state index contributed by atoms with van der Waals surface area (Å²) < 4.78 is 0. The summed E-state index contributed by atoms with van der Waals surface area (Å²) in [5.41, 5.74) is 11.3. The number of aliphatic carboxylic acids is 1. The van der Waals surface area contributed by atoms with Gasteiger partial charge in [0.1, 0.15) is 12.1 Å². The van der Waals surface area contributed by atoms with Crippen molar-refractivity contribution in [2.45, 2.75) is 62.9 Å². The number of aliphatic hydroxyl groups is 2. The average molecular weight is 466 g/mol. The molecule has 5 unspecified atom stereocenters. The quantitative estimate of drug-likeness (QED) is 0.109. The Kier molecular flexibility index (Phi) is 14.8. The van der Waals surface area contributed by atoms with E-state index in [9.17, 15) is 29.4 Å².